The molecule has 0 aromatic carbocycles. The standard InChI is InChI=1S/C11H23N/c1-9-5-6-11(3,12-4)8-10(2)7-9/h9-10,12H,5-8H2,1-4H3. The van der Waals surface area contributed by atoms with Crippen molar-refractivity contribution < 1.29 is 0 Å². The van der Waals surface area contributed by atoms with Gasteiger partial charge < -0.3 is 5.32 Å². The quantitative estimate of drug-likeness (QED) is 0.595. The second-order valence-electron chi connectivity index (χ2n) is 5.00. The number of hydrogen-bond donors (Lipinski definition) is 1. The lowest BCUT2D eigenvalue weighted by Gasteiger charge is -2.29. The van der Waals surface area contributed by atoms with Crippen molar-refractivity contribution in [1.29, 1.82) is 0 Å². The van der Waals surface area contributed by atoms with Crippen molar-refractivity contribution in [3.63, 3.8) is 0 Å². The predicted octanol–water partition coefficient (Wildman–Crippen LogP) is 2.81. The third-order valence-corrected chi connectivity index (χ3v) is 3.40. The van der Waals surface area contributed by atoms with E-state index < -0.39 is 0 Å². The molecule has 12 heavy (non-hydrogen) atoms. The van der Waals surface area contributed by atoms with Gasteiger partial charge in [0, 0.05) is 5.54 Å². The summed E-state index contributed by atoms with van der Waals surface area (Å²) in [5.74, 6) is 1.81. The van der Waals surface area contributed by atoms with Crippen molar-refractivity contribution in [2.75, 3.05) is 7.05 Å². The Morgan fingerprint density at radius 2 is 1.92 bits per heavy atom. The number of nitrogens with one attached hydrogen (secondary N) is 1. The molecule has 0 amide bonds. The van der Waals surface area contributed by atoms with Crippen LogP contribution in [0.15, 0.2) is 0 Å². The van der Waals surface area contributed by atoms with E-state index in [0.717, 1.165) is 11.8 Å². The van der Waals surface area contributed by atoms with E-state index in [1.54, 1.807) is 0 Å². The molecular weight excluding hydrogens is 146 g/mol. The smallest absolute Gasteiger partial charge is 0.0153 e. The minimum absolute atomic E-state index is 0.407. The van der Waals surface area contributed by atoms with Crippen LogP contribution in [-0.2, 0) is 0 Å². The molecule has 1 heteroatoms. The first-order valence-electron chi connectivity index (χ1n) is 5.24. The van der Waals surface area contributed by atoms with Gasteiger partial charge in [0.05, 0.1) is 0 Å². The zero-order chi connectivity index (χ0) is 9.19. The van der Waals surface area contributed by atoms with Crippen LogP contribution in [0, 0.1) is 11.8 Å². The van der Waals surface area contributed by atoms with Crippen molar-refractivity contribution in [3.05, 3.63) is 0 Å². The van der Waals surface area contributed by atoms with Gasteiger partial charge >= 0.3 is 0 Å². The lowest BCUT2D eigenvalue weighted by Crippen LogP contribution is -2.40. The molecule has 1 aliphatic rings. The Bertz CT molecular complexity index is 144. The van der Waals surface area contributed by atoms with Gasteiger partial charge in [0.15, 0.2) is 0 Å². The topological polar surface area (TPSA) is 12.0 Å². The van der Waals surface area contributed by atoms with E-state index in [1.807, 2.05) is 0 Å². The molecule has 72 valence electrons. The monoisotopic (exact) mass is 169 g/mol. The lowest BCUT2D eigenvalue weighted by molar-refractivity contribution is 0.302. The summed E-state index contributed by atoms with van der Waals surface area (Å²) >= 11 is 0. The summed E-state index contributed by atoms with van der Waals surface area (Å²) in [5, 5.41) is 3.47. The summed E-state index contributed by atoms with van der Waals surface area (Å²) in [6, 6.07) is 0. The molecule has 0 aliphatic heterocycles. The van der Waals surface area contributed by atoms with Crippen LogP contribution in [-0.4, -0.2) is 12.6 Å². The summed E-state index contributed by atoms with van der Waals surface area (Å²) in [5.41, 5.74) is 0.407. The van der Waals surface area contributed by atoms with Gasteiger partial charge in [-0.3, -0.25) is 0 Å². The minimum Gasteiger partial charge on any atom is -0.315 e. The maximum Gasteiger partial charge on any atom is 0.0153 e. The third-order valence-electron chi connectivity index (χ3n) is 3.40. The van der Waals surface area contributed by atoms with E-state index in [4.69, 9.17) is 0 Å². The first-order valence-corrected chi connectivity index (χ1v) is 5.24. The zero-order valence-corrected chi connectivity index (χ0v) is 8.98. The fourth-order valence-electron chi connectivity index (χ4n) is 2.55. The fourth-order valence-corrected chi connectivity index (χ4v) is 2.55. The second-order valence-corrected chi connectivity index (χ2v) is 5.00. The van der Waals surface area contributed by atoms with Crippen LogP contribution >= 0.6 is 0 Å². The highest BCUT2D eigenvalue weighted by Gasteiger charge is 2.28. The zero-order valence-electron chi connectivity index (χ0n) is 8.98. The number of rotatable bonds is 1. The molecule has 3 atom stereocenters. The third kappa shape index (κ3) is 2.48. The molecule has 3 unspecified atom stereocenters. The Morgan fingerprint density at radius 3 is 2.50 bits per heavy atom. The highest BCUT2D eigenvalue weighted by atomic mass is 14.9. The summed E-state index contributed by atoms with van der Waals surface area (Å²) in [6.45, 7) is 7.14. The molecule has 0 bridgehead atoms. The van der Waals surface area contributed by atoms with Gasteiger partial charge in [0.1, 0.15) is 0 Å². The summed E-state index contributed by atoms with van der Waals surface area (Å²) in [6.07, 6.45) is 5.49. The molecule has 1 aliphatic carbocycles. The molecular formula is C11H23N. The second kappa shape index (κ2) is 3.78. The van der Waals surface area contributed by atoms with Gasteiger partial charge in [-0.1, -0.05) is 13.8 Å². The van der Waals surface area contributed by atoms with Crippen LogP contribution in [0.3, 0.4) is 0 Å². The lowest BCUT2D eigenvalue weighted by atomic mass is 9.88. The van der Waals surface area contributed by atoms with E-state index in [-0.39, 0.29) is 0 Å². The molecule has 1 fully saturated rings. The molecule has 0 heterocycles. The first kappa shape index (κ1) is 10.0. The largest absolute Gasteiger partial charge is 0.315 e. The van der Waals surface area contributed by atoms with Crippen molar-refractivity contribution in [1.82, 2.24) is 5.32 Å². The highest BCUT2D eigenvalue weighted by Crippen LogP contribution is 2.33. The van der Waals surface area contributed by atoms with Crippen LogP contribution in [0.1, 0.15) is 46.5 Å². The van der Waals surface area contributed by atoms with Crippen LogP contribution in [0.5, 0.6) is 0 Å². The SMILES string of the molecule is CNC1(C)CCC(C)CC(C)C1. The summed E-state index contributed by atoms with van der Waals surface area (Å²) in [7, 11) is 2.10. The van der Waals surface area contributed by atoms with Gasteiger partial charge in [0.2, 0.25) is 0 Å². The van der Waals surface area contributed by atoms with E-state index >= 15 is 0 Å². The Hall–Kier alpha value is -0.0400. The summed E-state index contributed by atoms with van der Waals surface area (Å²) < 4.78 is 0. The normalized spacial score (nSPS) is 44.0. The van der Waals surface area contributed by atoms with E-state index in [9.17, 15) is 0 Å². The molecule has 0 saturated heterocycles. The Labute approximate surface area is 76.9 Å². The minimum atomic E-state index is 0.407. The van der Waals surface area contributed by atoms with Gasteiger partial charge in [-0.2, -0.15) is 0 Å². The van der Waals surface area contributed by atoms with Crippen molar-refractivity contribution in [2.45, 2.75) is 52.0 Å². The maximum absolute atomic E-state index is 3.47. The molecule has 1 saturated carbocycles. The fraction of sp³-hybridized carbons (Fsp3) is 1.00. The van der Waals surface area contributed by atoms with Crippen molar-refractivity contribution in [3.8, 4) is 0 Å². The van der Waals surface area contributed by atoms with Gasteiger partial charge in [-0.15, -0.1) is 0 Å². The highest BCUT2D eigenvalue weighted by molar-refractivity contribution is 4.87. The van der Waals surface area contributed by atoms with Crippen LogP contribution in [0.4, 0.5) is 0 Å². The van der Waals surface area contributed by atoms with E-state index in [2.05, 4.69) is 33.1 Å². The Kier molecular flexibility index (Phi) is 3.16. The summed E-state index contributed by atoms with van der Waals surface area (Å²) in [4.78, 5) is 0. The Morgan fingerprint density at radius 1 is 1.25 bits per heavy atom. The van der Waals surface area contributed by atoms with Crippen molar-refractivity contribution in [2.24, 2.45) is 11.8 Å². The predicted molar refractivity (Wildman–Crippen MR) is 54.3 cm³/mol. The van der Waals surface area contributed by atoms with Gasteiger partial charge in [-0.25, -0.2) is 0 Å². The van der Waals surface area contributed by atoms with Crippen LogP contribution < -0.4 is 5.32 Å². The van der Waals surface area contributed by atoms with E-state index in [1.165, 1.54) is 25.7 Å². The first-order chi connectivity index (χ1) is 5.56. The molecule has 0 aromatic heterocycles. The van der Waals surface area contributed by atoms with Crippen LogP contribution in [0.2, 0.25) is 0 Å². The molecule has 0 spiro atoms. The van der Waals surface area contributed by atoms with Crippen molar-refractivity contribution >= 4 is 0 Å². The molecule has 0 aromatic rings. The van der Waals surface area contributed by atoms with Gasteiger partial charge in [0.25, 0.3) is 0 Å². The molecule has 1 nitrogen and oxygen atoms in total. The number of hydrogen-bond acceptors (Lipinski definition) is 1. The van der Waals surface area contributed by atoms with Gasteiger partial charge in [-0.05, 0) is 51.5 Å². The Balaban J connectivity index is 2.57. The van der Waals surface area contributed by atoms with E-state index in [0.29, 0.717) is 5.54 Å². The maximum atomic E-state index is 3.47. The average Bonchev–Trinajstić information content (AvgIpc) is 2.11. The molecule has 0 radical (unpaired) electrons. The molecule has 1 rings (SSSR count). The molecule has 1 N–H and O–H groups in total. The van der Waals surface area contributed by atoms with Crippen LogP contribution in [0.25, 0.3) is 0 Å². The average molecular weight is 169 g/mol.